The van der Waals surface area contributed by atoms with Crippen molar-refractivity contribution in [1.29, 1.82) is 0 Å². The van der Waals surface area contributed by atoms with Crippen molar-refractivity contribution < 1.29 is 17.7 Å². The molecule has 4 N–H and O–H groups in total. The van der Waals surface area contributed by atoms with Crippen LogP contribution < -0.4 is 16.6 Å². The molecule has 0 radical (unpaired) electrons. The van der Waals surface area contributed by atoms with Crippen molar-refractivity contribution in [2.75, 3.05) is 5.01 Å². The number of hydrazine groups is 1. The van der Waals surface area contributed by atoms with E-state index in [0.29, 0.717) is 12.1 Å². The Morgan fingerprint density at radius 3 is 2.56 bits per heavy atom. The Hall–Kier alpha value is -3.33. The second-order valence-electron chi connectivity index (χ2n) is 5.58. The van der Waals surface area contributed by atoms with Crippen molar-refractivity contribution >= 4 is 11.4 Å². The lowest BCUT2D eigenvalue weighted by atomic mass is 10.2. The first kappa shape index (κ1) is 18.5. The highest BCUT2D eigenvalue weighted by Gasteiger charge is 2.20. The van der Waals surface area contributed by atoms with E-state index in [2.05, 4.69) is 10.1 Å². The summed E-state index contributed by atoms with van der Waals surface area (Å²) >= 11 is 0. The van der Waals surface area contributed by atoms with Gasteiger partial charge < -0.3 is 10.3 Å². The molecule has 6 nitrogen and oxygen atoms in total. The third-order valence-corrected chi connectivity index (χ3v) is 3.87. The van der Waals surface area contributed by atoms with Crippen LogP contribution in [0.25, 0.3) is 17.1 Å². The lowest BCUT2D eigenvalue weighted by Crippen LogP contribution is -2.32. The molecule has 3 rings (SSSR count). The largest absolute Gasteiger partial charge is 0.393 e. The maximum absolute atomic E-state index is 14.0. The first-order valence-electron chi connectivity index (χ1n) is 7.99. The molecule has 0 atom stereocenters. The van der Waals surface area contributed by atoms with Gasteiger partial charge in [0.2, 0.25) is 5.82 Å². The first-order chi connectivity index (χ1) is 12.9. The van der Waals surface area contributed by atoms with Crippen LogP contribution in [0.2, 0.25) is 0 Å². The van der Waals surface area contributed by atoms with Crippen LogP contribution in [0, 0.1) is 17.5 Å². The van der Waals surface area contributed by atoms with Crippen LogP contribution in [-0.2, 0) is 0 Å². The molecule has 2 aromatic carbocycles. The Morgan fingerprint density at radius 1 is 1.11 bits per heavy atom. The molecule has 0 fully saturated rings. The van der Waals surface area contributed by atoms with Gasteiger partial charge in [0.1, 0.15) is 23.1 Å². The Kier molecular flexibility index (Phi) is 5.13. The highest BCUT2D eigenvalue weighted by atomic mass is 19.1. The maximum atomic E-state index is 14.0. The van der Waals surface area contributed by atoms with Crippen molar-refractivity contribution in [2.45, 2.75) is 13.3 Å². The normalized spacial score (nSPS) is 12.0. The minimum absolute atomic E-state index is 0.00110. The van der Waals surface area contributed by atoms with Crippen molar-refractivity contribution in [2.24, 2.45) is 11.6 Å². The third kappa shape index (κ3) is 3.63. The lowest BCUT2D eigenvalue weighted by molar-refractivity contribution is 0.406. The van der Waals surface area contributed by atoms with Gasteiger partial charge in [-0.1, -0.05) is 24.2 Å². The molecule has 0 spiro atoms. The van der Waals surface area contributed by atoms with E-state index in [1.807, 2.05) is 0 Å². The van der Waals surface area contributed by atoms with Crippen LogP contribution in [0.1, 0.15) is 19.2 Å². The molecular weight excluding hydrogens is 359 g/mol. The van der Waals surface area contributed by atoms with Gasteiger partial charge in [0.15, 0.2) is 0 Å². The van der Waals surface area contributed by atoms with Crippen LogP contribution in [0.4, 0.5) is 18.9 Å². The number of nitrogens with zero attached hydrogens (tertiary/aromatic N) is 3. The van der Waals surface area contributed by atoms with Crippen LogP contribution in [0.15, 0.2) is 52.7 Å². The van der Waals surface area contributed by atoms with Crippen LogP contribution >= 0.6 is 0 Å². The number of halogens is 3. The third-order valence-electron chi connectivity index (χ3n) is 3.87. The van der Waals surface area contributed by atoms with Crippen molar-refractivity contribution in [3.8, 4) is 11.4 Å². The number of allylic oxidation sites excluding steroid dienone is 1. The zero-order valence-corrected chi connectivity index (χ0v) is 14.3. The molecule has 0 bridgehead atoms. The smallest absolute Gasteiger partial charge is 0.275 e. The first-order valence-corrected chi connectivity index (χ1v) is 7.99. The van der Waals surface area contributed by atoms with E-state index in [1.165, 1.54) is 18.2 Å². The molecule has 0 saturated carbocycles. The van der Waals surface area contributed by atoms with E-state index in [4.69, 9.17) is 16.1 Å². The summed E-state index contributed by atoms with van der Waals surface area (Å²) in [6, 6.07) is 8.78. The second kappa shape index (κ2) is 7.50. The number of aromatic nitrogens is 2. The average Bonchev–Trinajstić information content (AvgIpc) is 3.14. The zero-order valence-electron chi connectivity index (χ0n) is 14.3. The number of benzene rings is 2. The van der Waals surface area contributed by atoms with E-state index in [-0.39, 0.29) is 28.7 Å². The molecule has 3 aromatic rings. The Labute approximate surface area is 152 Å². The number of rotatable bonds is 5. The van der Waals surface area contributed by atoms with Crippen molar-refractivity contribution in [1.82, 2.24) is 10.1 Å². The lowest BCUT2D eigenvalue weighted by Gasteiger charge is -2.22. The summed E-state index contributed by atoms with van der Waals surface area (Å²) in [5.74, 6) is 3.79. The summed E-state index contributed by atoms with van der Waals surface area (Å²) in [4.78, 5) is 4.01. The van der Waals surface area contributed by atoms with E-state index >= 15 is 0 Å². The minimum Gasteiger partial charge on any atom is -0.393 e. The summed E-state index contributed by atoms with van der Waals surface area (Å²) in [7, 11) is 0. The number of nitrogens with two attached hydrogens (primary N) is 2. The Balaban J connectivity index is 2.00. The fourth-order valence-electron chi connectivity index (χ4n) is 2.52. The van der Waals surface area contributed by atoms with E-state index in [9.17, 15) is 13.2 Å². The van der Waals surface area contributed by atoms with E-state index in [1.54, 1.807) is 13.0 Å². The van der Waals surface area contributed by atoms with E-state index in [0.717, 1.165) is 23.2 Å². The zero-order chi connectivity index (χ0) is 19.6. The van der Waals surface area contributed by atoms with Crippen LogP contribution in [0.3, 0.4) is 0 Å². The van der Waals surface area contributed by atoms with Gasteiger partial charge in [-0.15, -0.1) is 0 Å². The monoisotopic (exact) mass is 375 g/mol. The van der Waals surface area contributed by atoms with Gasteiger partial charge in [-0.2, -0.15) is 4.98 Å². The minimum atomic E-state index is -0.714. The number of hydrogen-bond acceptors (Lipinski definition) is 6. The van der Waals surface area contributed by atoms with Gasteiger partial charge in [-0.3, -0.25) is 5.01 Å². The molecular formula is C18H16F3N5O. The predicted octanol–water partition coefficient (Wildman–Crippen LogP) is 3.57. The van der Waals surface area contributed by atoms with Gasteiger partial charge in [-0.05, 0) is 36.8 Å². The second-order valence-corrected chi connectivity index (χ2v) is 5.58. The topological polar surface area (TPSA) is 94.2 Å². The van der Waals surface area contributed by atoms with Crippen molar-refractivity contribution in [3.63, 3.8) is 0 Å². The average molecular weight is 375 g/mol. The number of para-hydroxylation sites is 1. The van der Waals surface area contributed by atoms with Gasteiger partial charge in [0.25, 0.3) is 5.89 Å². The molecule has 1 aromatic heterocycles. The van der Waals surface area contributed by atoms with Gasteiger partial charge >= 0.3 is 0 Å². The molecule has 0 unspecified atom stereocenters. The summed E-state index contributed by atoms with van der Waals surface area (Å²) in [5.41, 5.74) is 6.32. The predicted molar refractivity (Wildman–Crippen MR) is 94.1 cm³/mol. The SMILES string of the molecule is CC/C(=C(/N)c1nc(-c2cc(F)ccc2F)no1)N(N)c1ccccc1F. The van der Waals surface area contributed by atoms with Crippen LogP contribution in [0.5, 0.6) is 0 Å². The fourth-order valence-corrected chi connectivity index (χ4v) is 2.52. The highest BCUT2D eigenvalue weighted by Crippen LogP contribution is 2.26. The van der Waals surface area contributed by atoms with Crippen LogP contribution in [-0.4, -0.2) is 10.1 Å². The van der Waals surface area contributed by atoms with Crippen molar-refractivity contribution in [3.05, 3.63) is 71.5 Å². The molecule has 27 heavy (non-hydrogen) atoms. The Bertz CT molecular complexity index is 1000. The standard InChI is InChI=1S/C18H16F3N5O/c1-2-14(26(23)15-6-4-3-5-13(15)21)16(22)18-24-17(25-27-18)11-9-10(19)7-8-12(11)20/h3-9H,2,22-23H2,1H3/b16-14-. The molecule has 9 heteroatoms. The summed E-state index contributed by atoms with van der Waals surface area (Å²) < 4.78 is 46.3. The van der Waals surface area contributed by atoms with Gasteiger partial charge in [-0.25, -0.2) is 19.0 Å². The molecule has 140 valence electrons. The molecule has 0 saturated heterocycles. The maximum Gasteiger partial charge on any atom is 0.275 e. The van der Waals surface area contributed by atoms with Gasteiger partial charge in [0, 0.05) is 0 Å². The summed E-state index contributed by atoms with van der Waals surface area (Å²) in [6.45, 7) is 1.76. The summed E-state index contributed by atoms with van der Waals surface area (Å²) in [6.07, 6.45) is 0.322. The quantitative estimate of drug-likeness (QED) is 0.523. The molecule has 0 amide bonds. The molecule has 0 aliphatic carbocycles. The molecule has 0 aliphatic rings. The van der Waals surface area contributed by atoms with Gasteiger partial charge in [0.05, 0.1) is 16.9 Å². The fraction of sp³-hybridized carbons (Fsp3) is 0.111. The number of anilines is 1. The van der Waals surface area contributed by atoms with E-state index < -0.39 is 17.5 Å². The highest BCUT2D eigenvalue weighted by molar-refractivity contribution is 5.67. The molecule has 0 aliphatic heterocycles. The number of hydrogen-bond donors (Lipinski definition) is 2. The summed E-state index contributed by atoms with van der Waals surface area (Å²) in [5, 5.41) is 4.72. The molecule has 1 heterocycles. The Morgan fingerprint density at radius 2 is 1.85 bits per heavy atom.